The second kappa shape index (κ2) is 9.79. The lowest BCUT2D eigenvalue weighted by Gasteiger charge is -2.12. The number of anilines is 1. The second-order valence-corrected chi connectivity index (χ2v) is 9.14. The van der Waals surface area contributed by atoms with E-state index in [0.29, 0.717) is 23.4 Å². The summed E-state index contributed by atoms with van der Waals surface area (Å²) in [5, 5.41) is 2.83. The standard InChI is InChI=1S/C27H19F2N3O3S/c28-19-9-11-20(12-10-19)30-25(33)16-32-26(34)24(36-27(32)35)13-18-15-31(23-8-4-2-6-21(18)23)14-17-5-1-3-7-22(17)29/h1-13,15H,14,16H2,(H,30,33)/b24-13-. The second-order valence-electron chi connectivity index (χ2n) is 8.14. The Kier molecular flexibility index (Phi) is 6.39. The third kappa shape index (κ3) is 4.78. The van der Waals surface area contributed by atoms with Gasteiger partial charge in [0, 0.05) is 33.9 Å². The van der Waals surface area contributed by atoms with Gasteiger partial charge in [0.25, 0.3) is 11.1 Å². The molecule has 36 heavy (non-hydrogen) atoms. The maximum Gasteiger partial charge on any atom is 0.294 e. The molecule has 1 aromatic heterocycles. The number of benzene rings is 3. The number of nitrogens with one attached hydrogen (secondary N) is 1. The number of nitrogens with zero attached hydrogens (tertiary/aromatic N) is 2. The van der Waals surface area contributed by atoms with Crippen LogP contribution in [-0.4, -0.2) is 33.1 Å². The highest BCUT2D eigenvalue weighted by Crippen LogP contribution is 2.34. The fourth-order valence-electron chi connectivity index (χ4n) is 3.99. The normalized spacial score (nSPS) is 14.7. The van der Waals surface area contributed by atoms with Crippen molar-refractivity contribution in [3.05, 3.63) is 107 Å². The van der Waals surface area contributed by atoms with Gasteiger partial charge in [-0.15, -0.1) is 0 Å². The van der Waals surface area contributed by atoms with E-state index in [9.17, 15) is 23.2 Å². The smallest absolute Gasteiger partial charge is 0.294 e. The van der Waals surface area contributed by atoms with Crippen molar-refractivity contribution in [2.45, 2.75) is 6.54 Å². The molecule has 2 heterocycles. The van der Waals surface area contributed by atoms with E-state index in [-0.39, 0.29) is 10.7 Å². The monoisotopic (exact) mass is 503 g/mol. The van der Waals surface area contributed by atoms with Crippen molar-refractivity contribution >= 4 is 51.5 Å². The Morgan fingerprint density at radius 3 is 2.44 bits per heavy atom. The van der Waals surface area contributed by atoms with Crippen molar-refractivity contribution in [1.29, 1.82) is 0 Å². The molecule has 0 atom stereocenters. The molecule has 0 unspecified atom stereocenters. The number of carbonyl (C=O) groups is 3. The van der Waals surface area contributed by atoms with Gasteiger partial charge in [0.1, 0.15) is 18.2 Å². The highest BCUT2D eigenvalue weighted by atomic mass is 32.2. The van der Waals surface area contributed by atoms with Gasteiger partial charge in [0.05, 0.1) is 11.4 Å². The first-order chi connectivity index (χ1) is 17.4. The summed E-state index contributed by atoms with van der Waals surface area (Å²) in [4.78, 5) is 38.9. The molecule has 180 valence electrons. The van der Waals surface area contributed by atoms with Gasteiger partial charge in [-0.1, -0.05) is 36.4 Å². The molecule has 0 aliphatic carbocycles. The summed E-state index contributed by atoms with van der Waals surface area (Å²) >= 11 is 0.751. The Labute approximate surface area is 209 Å². The van der Waals surface area contributed by atoms with Gasteiger partial charge in [0.2, 0.25) is 5.91 Å². The van der Waals surface area contributed by atoms with Crippen LogP contribution in [-0.2, 0) is 16.1 Å². The number of amides is 3. The molecule has 1 saturated heterocycles. The lowest BCUT2D eigenvalue weighted by Crippen LogP contribution is -2.36. The number of rotatable bonds is 6. The van der Waals surface area contributed by atoms with E-state index in [1.54, 1.807) is 24.3 Å². The molecule has 3 amide bonds. The summed E-state index contributed by atoms with van der Waals surface area (Å²) in [5.74, 6) is -1.91. The van der Waals surface area contributed by atoms with Crippen molar-refractivity contribution in [1.82, 2.24) is 9.47 Å². The predicted octanol–water partition coefficient (Wildman–Crippen LogP) is 5.64. The number of thioether (sulfide) groups is 1. The third-order valence-corrected chi connectivity index (χ3v) is 6.62. The SMILES string of the molecule is O=C(CN1C(=O)S/C(=C\c2cn(Cc3ccccc3F)c3ccccc23)C1=O)Nc1ccc(F)cc1. The first kappa shape index (κ1) is 23.5. The van der Waals surface area contributed by atoms with Gasteiger partial charge in [-0.2, -0.15) is 0 Å². The van der Waals surface area contributed by atoms with Crippen LogP contribution >= 0.6 is 11.8 Å². The van der Waals surface area contributed by atoms with Gasteiger partial charge >= 0.3 is 0 Å². The van der Waals surface area contributed by atoms with Crippen molar-refractivity contribution < 1.29 is 23.2 Å². The van der Waals surface area contributed by atoms with Gasteiger partial charge < -0.3 is 9.88 Å². The highest BCUT2D eigenvalue weighted by molar-refractivity contribution is 8.18. The molecule has 1 aliphatic rings. The Morgan fingerprint density at radius 1 is 0.944 bits per heavy atom. The van der Waals surface area contributed by atoms with Crippen LogP contribution in [0.25, 0.3) is 17.0 Å². The maximum absolute atomic E-state index is 14.2. The molecule has 9 heteroatoms. The Balaban J connectivity index is 1.38. The molecule has 1 fully saturated rings. The molecule has 0 spiro atoms. The quantitative estimate of drug-likeness (QED) is 0.346. The molecule has 3 aromatic carbocycles. The summed E-state index contributed by atoms with van der Waals surface area (Å²) in [6.45, 7) is -0.166. The van der Waals surface area contributed by atoms with Crippen LogP contribution in [0, 0.1) is 11.6 Å². The maximum atomic E-state index is 14.2. The van der Waals surface area contributed by atoms with Crippen molar-refractivity contribution in [3.63, 3.8) is 0 Å². The van der Waals surface area contributed by atoms with Crippen molar-refractivity contribution in [2.24, 2.45) is 0 Å². The predicted molar refractivity (Wildman–Crippen MR) is 135 cm³/mol. The van der Waals surface area contributed by atoms with Crippen molar-refractivity contribution in [2.75, 3.05) is 11.9 Å². The zero-order chi connectivity index (χ0) is 25.2. The minimum absolute atomic E-state index is 0.184. The zero-order valence-electron chi connectivity index (χ0n) is 18.8. The number of aromatic nitrogens is 1. The largest absolute Gasteiger partial charge is 0.342 e. The van der Waals surface area contributed by atoms with E-state index in [4.69, 9.17) is 0 Å². The van der Waals surface area contributed by atoms with E-state index in [2.05, 4.69) is 5.32 Å². The topological polar surface area (TPSA) is 71.4 Å². The molecule has 1 aliphatic heterocycles. The average Bonchev–Trinajstić information content (AvgIpc) is 3.34. The summed E-state index contributed by atoms with van der Waals surface area (Å²) in [6, 6.07) is 19.2. The Morgan fingerprint density at radius 2 is 1.67 bits per heavy atom. The number of fused-ring (bicyclic) bond motifs is 1. The highest BCUT2D eigenvalue weighted by Gasteiger charge is 2.36. The van der Waals surface area contributed by atoms with Crippen LogP contribution < -0.4 is 5.32 Å². The number of hydrogen-bond donors (Lipinski definition) is 1. The Bertz CT molecular complexity index is 1530. The Hall–Kier alpha value is -4.24. The first-order valence-corrected chi connectivity index (χ1v) is 11.8. The summed E-state index contributed by atoms with van der Waals surface area (Å²) in [5.41, 5.74) is 2.43. The molecular weight excluding hydrogens is 484 g/mol. The lowest BCUT2D eigenvalue weighted by atomic mass is 10.1. The minimum Gasteiger partial charge on any atom is -0.342 e. The zero-order valence-corrected chi connectivity index (χ0v) is 19.6. The van der Waals surface area contributed by atoms with Crippen LogP contribution in [0.5, 0.6) is 0 Å². The van der Waals surface area contributed by atoms with Gasteiger partial charge in [-0.05, 0) is 54.2 Å². The van der Waals surface area contributed by atoms with Crippen LogP contribution in [0.4, 0.5) is 19.3 Å². The summed E-state index contributed by atoms with van der Waals surface area (Å²) in [6.07, 6.45) is 3.43. The number of imide groups is 1. The summed E-state index contributed by atoms with van der Waals surface area (Å²) < 4.78 is 29.2. The fraction of sp³-hybridized carbons (Fsp3) is 0.0741. The van der Waals surface area contributed by atoms with E-state index in [1.807, 2.05) is 35.0 Å². The molecule has 0 radical (unpaired) electrons. The van der Waals surface area contributed by atoms with E-state index >= 15 is 0 Å². The number of para-hydroxylation sites is 1. The van der Waals surface area contributed by atoms with E-state index < -0.39 is 29.4 Å². The molecule has 4 aromatic rings. The van der Waals surface area contributed by atoms with Crippen molar-refractivity contribution in [3.8, 4) is 0 Å². The summed E-state index contributed by atoms with van der Waals surface area (Å²) in [7, 11) is 0. The van der Waals surface area contributed by atoms with Gasteiger partial charge in [-0.3, -0.25) is 19.3 Å². The van der Waals surface area contributed by atoms with Crippen LogP contribution in [0.1, 0.15) is 11.1 Å². The molecular formula is C27H19F2N3O3S. The molecule has 0 saturated carbocycles. The molecule has 6 nitrogen and oxygen atoms in total. The van der Waals surface area contributed by atoms with Gasteiger partial charge in [0.15, 0.2) is 0 Å². The van der Waals surface area contributed by atoms with Crippen LogP contribution in [0.15, 0.2) is 83.9 Å². The number of hydrogen-bond acceptors (Lipinski definition) is 4. The molecule has 1 N–H and O–H groups in total. The fourth-order valence-corrected chi connectivity index (χ4v) is 4.82. The van der Waals surface area contributed by atoms with Crippen LogP contribution in [0.3, 0.4) is 0 Å². The minimum atomic E-state index is -0.579. The molecule has 0 bridgehead atoms. The van der Waals surface area contributed by atoms with E-state index in [1.165, 1.54) is 30.3 Å². The van der Waals surface area contributed by atoms with Gasteiger partial charge in [-0.25, -0.2) is 8.78 Å². The number of carbonyl (C=O) groups excluding carboxylic acids is 3. The van der Waals surface area contributed by atoms with E-state index in [0.717, 1.165) is 27.6 Å². The number of halogens is 2. The first-order valence-electron chi connectivity index (χ1n) is 11.0. The lowest BCUT2D eigenvalue weighted by molar-refractivity contribution is -0.127. The molecule has 5 rings (SSSR count). The van der Waals surface area contributed by atoms with Crippen LogP contribution in [0.2, 0.25) is 0 Å². The third-order valence-electron chi connectivity index (χ3n) is 5.71. The average molecular weight is 504 g/mol.